The van der Waals surface area contributed by atoms with Crippen LogP contribution in [0.15, 0.2) is 40.4 Å². The van der Waals surface area contributed by atoms with Crippen molar-refractivity contribution in [1.29, 1.82) is 0 Å². The van der Waals surface area contributed by atoms with Crippen LogP contribution < -0.4 is 0 Å². The Morgan fingerprint density at radius 1 is 1.25 bits per heavy atom. The second kappa shape index (κ2) is 7.63. The van der Waals surface area contributed by atoms with Crippen molar-refractivity contribution in [3.8, 4) is 0 Å². The molecule has 0 heterocycles. The smallest absolute Gasteiger partial charge is 0.328 e. The van der Waals surface area contributed by atoms with Gasteiger partial charge in [0.2, 0.25) is 0 Å². The predicted octanol–water partition coefficient (Wildman–Crippen LogP) is 3.00. The van der Waals surface area contributed by atoms with Gasteiger partial charge in [-0.3, -0.25) is 4.99 Å². The fourth-order valence-electron chi connectivity index (χ4n) is 0.801. The molecule has 0 rings (SSSR count). The molecule has 0 spiro atoms. The SMILES string of the molecule is CC(C)=C/C=C/C(C)=C/C=N[C@@H](C)C(=O)O. The zero-order valence-electron chi connectivity index (χ0n) is 10.3. The van der Waals surface area contributed by atoms with Gasteiger partial charge >= 0.3 is 5.97 Å². The van der Waals surface area contributed by atoms with Crippen LogP contribution in [0.5, 0.6) is 0 Å². The molecule has 0 unspecified atom stereocenters. The van der Waals surface area contributed by atoms with Crippen LogP contribution in [0.25, 0.3) is 0 Å². The van der Waals surface area contributed by atoms with Crippen LogP contribution in [0.4, 0.5) is 0 Å². The fourth-order valence-corrected chi connectivity index (χ4v) is 0.801. The number of allylic oxidation sites excluding steroid dienone is 6. The monoisotopic (exact) mass is 221 g/mol. The van der Waals surface area contributed by atoms with Gasteiger partial charge < -0.3 is 5.11 Å². The lowest BCUT2D eigenvalue weighted by Gasteiger charge is -1.95. The Hall–Kier alpha value is -1.64. The molecule has 0 aromatic carbocycles. The highest BCUT2D eigenvalue weighted by molar-refractivity contribution is 5.79. The first kappa shape index (κ1) is 14.4. The minimum Gasteiger partial charge on any atom is -0.480 e. The third-order valence-electron chi connectivity index (χ3n) is 1.79. The Bertz CT molecular complexity index is 345. The number of carboxylic acid groups (broad SMARTS) is 1. The highest BCUT2D eigenvalue weighted by Crippen LogP contribution is 1.96. The Balaban J connectivity index is 4.30. The van der Waals surface area contributed by atoms with Gasteiger partial charge in [0.25, 0.3) is 0 Å². The van der Waals surface area contributed by atoms with E-state index in [9.17, 15) is 4.79 Å². The van der Waals surface area contributed by atoms with E-state index in [0.717, 1.165) is 5.57 Å². The second-order valence-corrected chi connectivity index (χ2v) is 3.83. The third kappa shape index (κ3) is 7.74. The van der Waals surface area contributed by atoms with Gasteiger partial charge in [-0.05, 0) is 39.3 Å². The summed E-state index contributed by atoms with van der Waals surface area (Å²) in [6, 6.07) is -0.689. The molecule has 0 fully saturated rings. The molecular weight excluding hydrogens is 202 g/mol. The molecule has 0 aromatic rings. The van der Waals surface area contributed by atoms with Crippen LogP contribution in [0.3, 0.4) is 0 Å². The topological polar surface area (TPSA) is 49.7 Å². The third-order valence-corrected chi connectivity index (χ3v) is 1.79. The maximum Gasteiger partial charge on any atom is 0.328 e. The first-order chi connectivity index (χ1) is 7.43. The first-order valence-corrected chi connectivity index (χ1v) is 5.18. The first-order valence-electron chi connectivity index (χ1n) is 5.18. The van der Waals surface area contributed by atoms with Gasteiger partial charge in [0.1, 0.15) is 6.04 Å². The molecule has 16 heavy (non-hydrogen) atoms. The lowest BCUT2D eigenvalue weighted by Crippen LogP contribution is -2.12. The maximum atomic E-state index is 10.5. The molecule has 1 atom stereocenters. The van der Waals surface area contributed by atoms with E-state index in [1.165, 1.54) is 11.8 Å². The summed E-state index contributed by atoms with van der Waals surface area (Å²) in [6.07, 6.45) is 9.23. The van der Waals surface area contributed by atoms with Crippen molar-refractivity contribution in [2.75, 3.05) is 0 Å². The Morgan fingerprint density at radius 3 is 2.38 bits per heavy atom. The average molecular weight is 221 g/mol. The van der Waals surface area contributed by atoms with E-state index in [0.29, 0.717) is 0 Å². The van der Waals surface area contributed by atoms with Crippen LogP contribution in [0.2, 0.25) is 0 Å². The lowest BCUT2D eigenvalue weighted by molar-refractivity contribution is -0.137. The zero-order valence-corrected chi connectivity index (χ0v) is 10.3. The Kier molecular flexibility index (Phi) is 6.84. The van der Waals surface area contributed by atoms with Crippen molar-refractivity contribution in [2.45, 2.75) is 33.7 Å². The summed E-state index contributed by atoms with van der Waals surface area (Å²) >= 11 is 0. The quantitative estimate of drug-likeness (QED) is 0.573. The van der Waals surface area contributed by atoms with E-state index < -0.39 is 12.0 Å². The van der Waals surface area contributed by atoms with Crippen LogP contribution in [0, 0.1) is 0 Å². The number of hydrogen-bond donors (Lipinski definition) is 1. The van der Waals surface area contributed by atoms with E-state index in [4.69, 9.17) is 5.11 Å². The predicted molar refractivity (Wildman–Crippen MR) is 67.9 cm³/mol. The highest BCUT2D eigenvalue weighted by atomic mass is 16.4. The summed E-state index contributed by atoms with van der Waals surface area (Å²) < 4.78 is 0. The minimum absolute atomic E-state index is 0.689. The standard InChI is InChI=1S/C13H19NO2/c1-10(2)6-5-7-11(3)8-9-14-12(4)13(15)16/h5-9,12H,1-4H3,(H,15,16)/b7-5+,11-8+,14-9?/t12-/m0/s1. The molecule has 0 aliphatic heterocycles. The lowest BCUT2D eigenvalue weighted by atomic mass is 10.2. The average Bonchev–Trinajstić information content (AvgIpc) is 2.16. The van der Waals surface area contributed by atoms with E-state index in [1.807, 2.05) is 39.0 Å². The number of rotatable bonds is 5. The van der Waals surface area contributed by atoms with Gasteiger partial charge in [0.05, 0.1) is 0 Å². The van der Waals surface area contributed by atoms with Crippen molar-refractivity contribution in [3.63, 3.8) is 0 Å². The van der Waals surface area contributed by atoms with Gasteiger partial charge in [0.15, 0.2) is 0 Å². The summed E-state index contributed by atoms with van der Waals surface area (Å²) in [5, 5.41) is 8.59. The summed E-state index contributed by atoms with van der Waals surface area (Å²) in [6.45, 7) is 7.53. The largest absolute Gasteiger partial charge is 0.480 e. The van der Waals surface area contributed by atoms with E-state index in [1.54, 1.807) is 13.0 Å². The number of nitrogens with zero attached hydrogens (tertiary/aromatic N) is 1. The van der Waals surface area contributed by atoms with E-state index in [2.05, 4.69) is 4.99 Å². The Morgan fingerprint density at radius 2 is 1.88 bits per heavy atom. The molecule has 1 N–H and O–H groups in total. The molecule has 3 nitrogen and oxygen atoms in total. The van der Waals surface area contributed by atoms with Crippen molar-refractivity contribution >= 4 is 12.2 Å². The molecule has 0 amide bonds. The highest BCUT2D eigenvalue weighted by Gasteiger charge is 2.05. The summed E-state index contributed by atoms with van der Waals surface area (Å²) in [7, 11) is 0. The number of aliphatic carboxylic acids is 1. The molecule has 0 aliphatic carbocycles. The van der Waals surface area contributed by atoms with Gasteiger partial charge in [-0.2, -0.15) is 0 Å². The Labute approximate surface area is 96.9 Å². The van der Waals surface area contributed by atoms with Crippen LogP contribution in [0.1, 0.15) is 27.7 Å². The normalized spacial score (nSPS) is 14.4. The molecule has 0 saturated carbocycles. The van der Waals surface area contributed by atoms with Gasteiger partial charge in [-0.25, -0.2) is 4.79 Å². The zero-order chi connectivity index (χ0) is 12.6. The van der Waals surface area contributed by atoms with Gasteiger partial charge in [0, 0.05) is 6.21 Å². The number of carbonyl (C=O) groups is 1. The molecular formula is C13H19NO2. The molecule has 3 heteroatoms. The van der Waals surface area contributed by atoms with Crippen molar-refractivity contribution in [1.82, 2.24) is 0 Å². The van der Waals surface area contributed by atoms with Crippen molar-refractivity contribution in [3.05, 3.63) is 35.5 Å². The molecule has 0 aromatic heterocycles. The van der Waals surface area contributed by atoms with Crippen LogP contribution in [-0.2, 0) is 4.79 Å². The van der Waals surface area contributed by atoms with Crippen molar-refractivity contribution in [2.24, 2.45) is 4.99 Å². The summed E-state index contributed by atoms with van der Waals surface area (Å²) in [5.41, 5.74) is 2.26. The number of hydrogen-bond acceptors (Lipinski definition) is 2. The molecule has 0 radical (unpaired) electrons. The molecule has 0 bridgehead atoms. The molecule has 0 saturated heterocycles. The van der Waals surface area contributed by atoms with Gasteiger partial charge in [-0.1, -0.05) is 23.8 Å². The van der Waals surface area contributed by atoms with E-state index >= 15 is 0 Å². The fraction of sp³-hybridized carbons (Fsp3) is 0.385. The number of aliphatic imine (C=N–C) groups is 1. The molecule has 0 aliphatic rings. The van der Waals surface area contributed by atoms with Crippen LogP contribution >= 0.6 is 0 Å². The van der Waals surface area contributed by atoms with E-state index in [-0.39, 0.29) is 0 Å². The second-order valence-electron chi connectivity index (χ2n) is 3.83. The summed E-state index contributed by atoms with van der Waals surface area (Å²) in [5.74, 6) is -0.914. The van der Waals surface area contributed by atoms with Crippen LogP contribution in [-0.4, -0.2) is 23.3 Å². The maximum absolute atomic E-state index is 10.5. The number of carboxylic acids is 1. The molecule has 88 valence electrons. The van der Waals surface area contributed by atoms with Crippen molar-refractivity contribution < 1.29 is 9.90 Å². The summed E-state index contributed by atoms with van der Waals surface area (Å²) in [4.78, 5) is 14.3. The van der Waals surface area contributed by atoms with Gasteiger partial charge in [-0.15, -0.1) is 0 Å². The minimum atomic E-state index is -0.914.